The standard InChI is InChI=1S/C19H21NO/c1-3-15-19(2,20)21-18-13-11-17(12-14-18)10-9-16-7-5-4-6-8-16/h4-8,11-14H,3,15,20H2,1-2H3. The van der Waals surface area contributed by atoms with Gasteiger partial charge in [0.2, 0.25) is 0 Å². The van der Waals surface area contributed by atoms with E-state index in [1.165, 1.54) is 0 Å². The Morgan fingerprint density at radius 3 is 2.10 bits per heavy atom. The van der Waals surface area contributed by atoms with E-state index < -0.39 is 5.72 Å². The summed E-state index contributed by atoms with van der Waals surface area (Å²) in [7, 11) is 0. The summed E-state index contributed by atoms with van der Waals surface area (Å²) in [4.78, 5) is 0. The van der Waals surface area contributed by atoms with E-state index in [0.29, 0.717) is 0 Å². The van der Waals surface area contributed by atoms with E-state index in [0.717, 1.165) is 29.7 Å². The third kappa shape index (κ3) is 4.98. The molecule has 0 aliphatic carbocycles. The van der Waals surface area contributed by atoms with Crippen molar-refractivity contribution >= 4 is 0 Å². The molecule has 0 saturated carbocycles. The van der Waals surface area contributed by atoms with Gasteiger partial charge in [-0.2, -0.15) is 0 Å². The molecule has 0 bridgehead atoms. The highest BCUT2D eigenvalue weighted by Gasteiger charge is 2.18. The number of nitrogens with two attached hydrogens (primary N) is 1. The first-order valence-corrected chi connectivity index (χ1v) is 7.24. The number of benzene rings is 2. The van der Waals surface area contributed by atoms with Crippen LogP contribution in [-0.2, 0) is 0 Å². The number of hydrogen-bond acceptors (Lipinski definition) is 2. The zero-order valence-electron chi connectivity index (χ0n) is 12.6. The number of hydrogen-bond donors (Lipinski definition) is 1. The highest BCUT2D eigenvalue weighted by molar-refractivity contribution is 5.44. The average molecular weight is 279 g/mol. The van der Waals surface area contributed by atoms with Crippen molar-refractivity contribution in [1.29, 1.82) is 0 Å². The topological polar surface area (TPSA) is 35.2 Å². The number of ether oxygens (including phenoxy) is 1. The molecule has 0 saturated heterocycles. The normalized spacial score (nSPS) is 12.9. The molecule has 0 aliphatic rings. The van der Waals surface area contributed by atoms with E-state index in [9.17, 15) is 0 Å². The van der Waals surface area contributed by atoms with E-state index in [1.54, 1.807) is 0 Å². The van der Waals surface area contributed by atoms with E-state index >= 15 is 0 Å². The molecule has 1 atom stereocenters. The Bertz CT molecular complexity index is 618. The fraction of sp³-hybridized carbons (Fsp3) is 0.263. The van der Waals surface area contributed by atoms with E-state index in [4.69, 9.17) is 10.5 Å². The summed E-state index contributed by atoms with van der Waals surface area (Å²) in [6, 6.07) is 17.7. The van der Waals surface area contributed by atoms with Gasteiger partial charge in [-0.1, -0.05) is 43.4 Å². The molecule has 0 radical (unpaired) electrons. The smallest absolute Gasteiger partial charge is 0.155 e. The summed E-state index contributed by atoms with van der Waals surface area (Å²) in [5.74, 6) is 7.05. The van der Waals surface area contributed by atoms with Crippen molar-refractivity contribution in [3.8, 4) is 17.6 Å². The van der Waals surface area contributed by atoms with E-state index in [2.05, 4.69) is 18.8 Å². The predicted molar refractivity (Wildman–Crippen MR) is 87.0 cm³/mol. The third-order valence-corrected chi connectivity index (χ3v) is 3.08. The fourth-order valence-corrected chi connectivity index (χ4v) is 2.09. The summed E-state index contributed by atoms with van der Waals surface area (Å²) in [6.07, 6.45) is 1.82. The van der Waals surface area contributed by atoms with Gasteiger partial charge < -0.3 is 4.74 Å². The highest BCUT2D eigenvalue weighted by Crippen LogP contribution is 2.19. The van der Waals surface area contributed by atoms with Crippen LogP contribution < -0.4 is 10.5 Å². The van der Waals surface area contributed by atoms with Crippen LogP contribution in [0.3, 0.4) is 0 Å². The Balaban J connectivity index is 2.05. The van der Waals surface area contributed by atoms with Gasteiger partial charge in [0, 0.05) is 17.5 Å². The average Bonchev–Trinajstić information content (AvgIpc) is 2.47. The largest absolute Gasteiger partial charge is 0.473 e. The monoisotopic (exact) mass is 279 g/mol. The van der Waals surface area contributed by atoms with Gasteiger partial charge in [0.05, 0.1) is 0 Å². The first-order valence-electron chi connectivity index (χ1n) is 7.24. The lowest BCUT2D eigenvalue weighted by Gasteiger charge is -2.25. The molecule has 2 N–H and O–H groups in total. The maximum absolute atomic E-state index is 6.08. The SMILES string of the molecule is CCCC(C)(N)Oc1ccc(C#Cc2ccccc2)cc1. The Hall–Kier alpha value is -2.24. The van der Waals surface area contributed by atoms with Crippen LogP contribution >= 0.6 is 0 Å². The molecule has 2 aromatic carbocycles. The quantitative estimate of drug-likeness (QED) is 0.679. The van der Waals surface area contributed by atoms with Gasteiger partial charge in [0.15, 0.2) is 5.72 Å². The molecular weight excluding hydrogens is 258 g/mol. The Kier molecular flexibility index (Phi) is 5.03. The van der Waals surface area contributed by atoms with Crippen molar-refractivity contribution in [1.82, 2.24) is 0 Å². The van der Waals surface area contributed by atoms with Gasteiger partial charge >= 0.3 is 0 Å². The molecule has 21 heavy (non-hydrogen) atoms. The Morgan fingerprint density at radius 2 is 1.52 bits per heavy atom. The van der Waals surface area contributed by atoms with Crippen molar-refractivity contribution in [2.24, 2.45) is 5.73 Å². The van der Waals surface area contributed by atoms with Crippen LogP contribution in [0, 0.1) is 11.8 Å². The van der Waals surface area contributed by atoms with Crippen LogP contribution in [0.15, 0.2) is 54.6 Å². The first kappa shape index (κ1) is 15.2. The predicted octanol–water partition coefficient (Wildman–Crippen LogP) is 3.94. The van der Waals surface area contributed by atoms with Crippen molar-refractivity contribution in [3.05, 3.63) is 65.7 Å². The summed E-state index contributed by atoms with van der Waals surface area (Å²) in [6.45, 7) is 4.00. The van der Waals surface area contributed by atoms with Gasteiger partial charge in [0.25, 0.3) is 0 Å². The van der Waals surface area contributed by atoms with Crippen LogP contribution in [0.25, 0.3) is 0 Å². The summed E-state index contributed by atoms with van der Waals surface area (Å²) >= 11 is 0. The highest BCUT2D eigenvalue weighted by atomic mass is 16.5. The second-order valence-corrected chi connectivity index (χ2v) is 5.31. The molecule has 2 nitrogen and oxygen atoms in total. The lowest BCUT2D eigenvalue weighted by Crippen LogP contribution is -2.42. The second-order valence-electron chi connectivity index (χ2n) is 5.31. The lowest BCUT2D eigenvalue weighted by molar-refractivity contribution is 0.0854. The minimum atomic E-state index is -0.619. The second kappa shape index (κ2) is 6.97. The van der Waals surface area contributed by atoms with Gasteiger partial charge in [-0.05, 0) is 43.3 Å². The maximum Gasteiger partial charge on any atom is 0.155 e. The molecule has 0 amide bonds. The molecule has 0 fully saturated rings. The van der Waals surface area contributed by atoms with Crippen molar-refractivity contribution in [2.75, 3.05) is 0 Å². The Labute approximate surface area is 126 Å². The zero-order chi connectivity index (χ0) is 15.1. The third-order valence-electron chi connectivity index (χ3n) is 3.08. The van der Waals surface area contributed by atoms with Crippen molar-refractivity contribution in [3.63, 3.8) is 0 Å². The number of rotatable bonds is 4. The summed E-state index contributed by atoms with van der Waals surface area (Å²) in [5.41, 5.74) is 7.43. The van der Waals surface area contributed by atoms with Gasteiger partial charge in [0.1, 0.15) is 5.75 Å². The molecular formula is C19H21NO. The molecule has 2 heteroatoms. The van der Waals surface area contributed by atoms with Crippen LogP contribution in [0.2, 0.25) is 0 Å². The van der Waals surface area contributed by atoms with Crippen molar-refractivity contribution < 1.29 is 4.74 Å². The maximum atomic E-state index is 6.08. The summed E-state index contributed by atoms with van der Waals surface area (Å²) in [5, 5.41) is 0. The molecule has 2 rings (SSSR count). The zero-order valence-corrected chi connectivity index (χ0v) is 12.6. The van der Waals surface area contributed by atoms with E-state index in [1.807, 2.05) is 61.5 Å². The minimum absolute atomic E-state index is 0.619. The van der Waals surface area contributed by atoms with Crippen LogP contribution in [0.4, 0.5) is 0 Å². The molecule has 0 heterocycles. The molecule has 2 aromatic rings. The Morgan fingerprint density at radius 1 is 0.952 bits per heavy atom. The molecule has 0 spiro atoms. The first-order chi connectivity index (χ1) is 10.1. The minimum Gasteiger partial charge on any atom is -0.473 e. The fourth-order valence-electron chi connectivity index (χ4n) is 2.09. The summed E-state index contributed by atoms with van der Waals surface area (Å²) < 4.78 is 5.79. The van der Waals surface area contributed by atoms with Crippen molar-refractivity contribution in [2.45, 2.75) is 32.4 Å². The lowest BCUT2D eigenvalue weighted by atomic mass is 10.1. The van der Waals surface area contributed by atoms with Gasteiger partial charge in [-0.3, -0.25) is 5.73 Å². The molecule has 108 valence electrons. The van der Waals surface area contributed by atoms with Crippen LogP contribution in [0.5, 0.6) is 5.75 Å². The molecule has 1 unspecified atom stereocenters. The molecule has 0 aliphatic heterocycles. The van der Waals surface area contributed by atoms with Gasteiger partial charge in [-0.15, -0.1) is 0 Å². The van der Waals surface area contributed by atoms with E-state index in [-0.39, 0.29) is 0 Å². The van der Waals surface area contributed by atoms with Crippen LogP contribution in [-0.4, -0.2) is 5.72 Å². The van der Waals surface area contributed by atoms with Gasteiger partial charge in [-0.25, -0.2) is 0 Å². The van der Waals surface area contributed by atoms with Crippen LogP contribution in [0.1, 0.15) is 37.8 Å². The molecule has 0 aromatic heterocycles.